The van der Waals surface area contributed by atoms with E-state index in [2.05, 4.69) is 5.32 Å². The van der Waals surface area contributed by atoms with Crippen molar-refractivity contribution < 1.29 is 19.9 Å². The molecule has 0 aliphatic heterocycles. The molecule has 3 N–H and O–H groups in total. The molecule has 0 saturated heterocycles. The molecule has 21 heavy (non-hydrogen) atoms. The lowest BCUT2D eigenvalue weighted by Crippen LogP contribution is -2.30. The van der Waals surface area contributed by atoms with Crippen molar-refractivity contribution in [2.24, 2.45) is 5.41 Å². The van der Waals surface area contributed by atoms with Crippen molar-refractivity contribution in [1.29, 1.82) is 0 Å². The van der Waals surface area contributed by atoms with Gasteiger partial charge in [-0.15, -0.1) is 0 Å². The largest absolute Gasteiger partial charge is 0.477 e. The number of rotatable bonds is 8. The minimum atomic E-state index is -1.31. The van der Waals surface area contributed by atoms with Gasteiger partial charge >= 0.3 is 5.97 Å². The molecule has 1 aromatic carbocycles. The van der Waals surface area contributed by atoms with E-state index >= 15 is 0 Å². The molecule has 0 saturated carbocycles. The quantitative estimate of drug-likeness (QED) is 0.498. The maximum atomic E-state index is 11.2. The Kier molecular flexibility index (Phi) is 5.80. The number of benzene rings is 1. The van der Waals surface area contributed by atoms with Crippen molar-refractivity contribution in [2.75, 3.05) is 13.2 Å². The first kappa shape index (κ1) is 17.1. The van der Waals surface area contributed by atoms with E-state index in [0.29, 0.717) is 18.5 Å². The van der Waals surface area contributed by atoms with E-state index in [-0.39, 0.29) is 24.1 Å². The molecule has 0 amide bonds. The lowest BCUT2D eigenvalue weighted by Gasteiger charge is -2.24. The number of carboxylic acids is 1. The first-order valence-corrected chi connectivity index (χ1v) is 6.59. The second-order valence-electron chi connectivity index (χ2n) is 5.61. The zero-order chi connectivity index (χ0) is 16.0. The number of nitrogens with one attached hydrogen (secondary N) is 1. The van der Waals surface area contributed by atoms with Gasteiger partial charge in [-0.3, -0.25) is 10.1 Å². The monoisotopic (exact) mass is 296 g/mol. The number of hydrogen-bond acceptors (Lipinski definition) is 5. The zero-order valence-corrected chi connectivity index (χ0v) is 12.1. The van der Waals surface area contributed by atoms with Crippen LogP contribution in [0.15, 0.2) is 18.2 Å². The van der Waals surface area contributed by atoms with Crippen molar-refractivity contribution in [3.63, 3.8) is 0 Å². The molecule has 0 heterocycles. The number of hydrogen-bond donors (Lipinski definition) is 3. The van der Waals surface area contributed by atoms with Crippen LogP contribution in [0.1, 0.15) is 36.2 Å². The van der Waals surface area contributed by atoms with Crippen molar-refractivity contribution >= 4 is 11.7 Å². The minimum absolute atomic E-state index is 0.0753. The Hall–Kier alpha value is -1.99. The Bertz CT molecular complexity index is 528. The molecule has 116 valence electrons. The number of nitrogens with zero attached hydrogens (tertiary/aromatic N) is 1. The van der Waals surface area contributed by atoms with E-state index in [1.165, 1.54) is 12.1 Å². The molecular formula is C14H20N2O5. The molecule has 0 aromatic heterocycles. The molecule has 7 nitrogen and oxygen atoms in total. The fourth-order valence-corrected chi connectivity index (χ4v) is 2.06. The zero-order valence-electron chi connectivity index (χ0n) is 12.1. The summed E-state index contributed by atoms with van der Waals surface area (Å²) < 4.78 is 0. The maximum Gasteiger partial charge on any atom is 0.343 e. The summed E-state index contributed by atoms with van der Waals surface area (Å²) in [5.41, 5.74) is -0.457. The van der Waals surface area contributed by atoms with Crippen molar-refractivity contribution in [3.05, 3.63) is 39.4 Å². The summed E-state index contributed by atoms with van der Waals surface area (Å²) in [6.07, 6.45) is 0.612. The highest BCUT2D eigenvalue weighted by Gasteiger charge is 2.23. The molecule has 0 fully saturated rings. The van der Waals surface area contributed by atoms with Gasteiger partial charge in [-0.2, -0.15) is 0 Å². The summed E-state index contributed by atoms with van der Waals surface area (Å²) in [5.74, 6) is -1.31. The van der Waals surface area contributed by atoms with Crippen molar-refractivity contribution in [1.82, 2.24) is 5.32 Å². The van der Waals surface area contributed by atoms with Crippen molar-refractivity contribution in [3.8, 4) is 0 Å². The first-order chi connectivity index (χ1) is 9.78. The topological polar surface area (TPSA) is 113 Å². The van der Waals surface area contributed by atoms with Crippen LogP contribution < -0.4 is 5.32 Å². The number of nitro groups is 1. The molecule has 0 aliphatic rings. The third kappa shape index (κ3) is 4.80. The van der Waals surface area contributed by atoms with Gasteiger partial charge in [0.25, 0.3) is 5.69 Å². The van der Waals surface area contributed by atoms with Gasteiger partial charge in [0.05, 0.1) is 4.92 Å². The average molecular weight is 296 g/mol. The Morgan fingerprint density at radius 1 is 1.43 bits per heavy atom. The molecule has 0 radical (unpaired) electrons. The summed E-state index contributed by atoms with van der Waals surface area (Å²) in [4.78, 5) is 21.4. The van der Waals surface area contributed by atoms with Crippen LogP contribution in [-0.2, 0) is 6.54 Å². The van der Waals surface area contributed by atoms with Crippen LogP contribution in [0.5, 0.6) is 0 Å². The molecule has 0 spiro atoms. The average Bonchev–Trinajstić information content (AvgIpc) is 2.37. The SMILES string of the molecule is CC(C)(CCO)CNCc1cccc([N+](=O)[O-])c1C(=O)O. The van der Waals surface area contributed by atoms with Crippen LogP contribution in [0.2, 0.25) is 0 Å². The van der Waals surface area contributed by atoms with Gasteiger partial charge in [0.1, 0.15) is 5.56 Å². The predicted molar refractivity (Wildman–Crippen MR) is 77.2 cm³/mol. The van der Waals surface area contributed by atoms with Crippen LogP contribution >= 0.6 is 0 Å². The van der Waals surface area contributed by atoms with Crippen LogP contribution in [0, 0.1) is 15.5 Å². The summed E-state index contributed by atoms with van der Waals surface area (Å²) in [5, 5.41) is 32.1. The maximum absolute atomic E-state index is 11.2. The van der Waals surface area contributed by atoms with Crippen LogP contribution in [0.25, 0.3) is 0 Å². The number of nitro benzene ring substituents is 1. The Labute approximate surface area is 122 Å². The minimum Gasteiger partial charge on any atom is -0.477 e. The van der Waals surface area contributed by atoms with E-state index in [4.69, 9.17) is 5.11 Å². The number of aliphatic hydroxyl groups excluding tert-OH is 1. The standard InChI is InChI=1S/C14H20N2O5/c1-14(2,6-7-17)9-15-8-10-4-3-5-11(16(20)21)12(10)13(18)19/h3-5,15,17H,6-9H2,1-2H3,(H,18,19). The Balaban J connectivity index is 2.87. The van der Waals surface area contributed by atoms with Gasteiger partial charge < -0.3 is 15.5 Å². The summed E-state index contributed by atoms with van der Waals surface area (Å²) in [6.45, 7) is 4.81. The highest BCUT2D eigenvalue weighted by Crippen LogP contribution is 2.23. The lowest BCUT2D eigenvalue weighted by atomic mass is 9.89. The van der Waals surface area contributed by atoms with Gasteiger partial charge in [-0.1, -0.05) is 26.0 Å². The Morgan fingerprint density at radius 3 is 2.62 bits per heavy atom. The van der Waals surface area contributed by atoms with Crippen LogP contribution in [-0.4, -0.2) is 34.3 Å². The second-order valence-corrected chi connectivity index (χ2v) is 5.61. The first-order valence-electron chi connectivity index (χ1n) is 6.59. The second kappa shape index (κ2) is 7.14. The molecule has 0 bridgehead atoms. The fourth-order valence-electron chi connectivity index (χ4n) is 2.06. The van der Waals surface area contributed by atoms with E-state index in [1.54, 1.807) is 6.07 Å². The highest BCUT2D eigenvalue weighted by molar-refractivity contribution is 5.94. The van der Waals surface area contributed by atoms with E-state index < -0.39 is 16.6 Å². The molecule has 1 rings (SSSR count). The molecule has 0 unspecified atom stereocenters. The fraction of sp³-hybridized carbons (Fsp3) is 0.500. The van der Waals surface area contributed by atoms with Crippen LogP contribution in [0.4, 0.5) is 5.69 Å². The third-order valence-corrected chi connectivity index (χ3v) is 3.25. The predicted octanol–water partition coefficient (Wildman–Crippen LogP) is 1.79. The smallest absolute Gasteiger partial charge is 0.343 e. The third-order valence-electron chi connectivity index (χ3n) is 3.25. The normalized spacial score (nSPS) is 11.4. The van der Waals surface area contributed by atoms with Gasteiger partial charge in [0.2, 0.25) is 0 Å². The van der Waals surface area contributed by atoms with Gasteiger partial charge in [-0.05, 0) is 17.4 Å². The molecule has 0 aliphatic carbocycles. The summed E-state index contributed by atoms with van der Waals surface area (Å²) >= 11 is 0. The number of carbonyl (C=O) groups is 1. The van der Waals surface area contributed by atoms with Gasteiger partial charge in [0, 0.05) is 25.8 Å². The lowest BCUT2D eigenvalue weighted by molar-refractivity contribution is -0.385. The summed E-state index contributed by atoms with van der Waals surface area (Å²) in [6, 6.07) is 4.21. The van der Waals surface area contributed by atoms with E-state index in [0.717, 1.165) is 0 Å². The van der Waals surface area contributed by atoms with Gasteiger partial charge in [-0.25, -0.2) is 4.79 Å². The molecule has 7 heteroatoms. The Morgan fingerprint density at radius 2 is 2.10 bits per heavy atom. The molecule has 1 aromatic rings. The van der Waals surface area contributed by atoms with Crippen molar-refractivity contribution in [2.45, 2.75) is 26.8 Å². The number of carboxylic acid groups (broad SMARTS) is 1. The highest BCUT2D eigenvalue weighted by atomic mass is 16.6. The van der Waals surface area contributed by atoms with E-state index in [1.807, 2.05) is 13.8 Å². The number of aromatic carboxylic acids is 1. The molecule has 0 atom stereocenters. The van der Waals surface area contributed by atoms with Gasteiger partial charge in [0.15, 0.2) is 0 Å². The van der Waals surface area contributed by atoms with Crippen LogP contribution in [0.3, 0.4) is 0 Å². The van der Waals surface area contributed by atoms with E-state index in [9.17, 15) is 20.0 Å². The number of aliphatic hydroxyl groups is 1. The summed E-state index contributed by atoms with van der Waals surface area (Å²) in [7, 11) is 0. The molecular weight excluding hydrogens is 276 g/mol.